The summed E-state index contributed by atoms with van der Waals surface area (Å²) in [6.07, 6.45) is -1.51. The predicted octanol–water partition coefficient (Wildman–Crippen LogP) is 5.27. The molecule has 120 valence electrons. The van der Waals surface area contributed by atoms with Crippen molar-refractivity contribution in [2.24, 2.45) is 0 Å². The summed E-state index contributed by atoms with van der Waals surface area (Å²) in [5.41, 5.74) is 3.82. The van der Waals surface area contributed by atoms with Crippen molar-refractivity contribution in [3.8, 4) is 0 Å². The number of halogens is 2. The van der Waals surface area contributed by atoms with Crippen LogP contribution in [-0.2, 0) is 4.74 Å². The molecule has 2 aromatic rings. The molecule has 1 aliphatic rings. The second-order valence-corrected chi connectivity index (χ2v) is 6.41. The van der Waals surface area contributed by atoms with Crippen LogP contribution in [-0.4, -0.2) is 17.5 Å². The number of carboxylic acid groups (broad SMARTS) is 1. The van der Waals surface area contributed by atoms with Crippen molar-refractivity contribution in [1.29, 1.82) is 0 Å². The van der Waals surface area contributed by atoms with Crippen LogP contribution in [0.15, 0.2) is 36.4 Å². The maximum absolute atomic E-state index is 10.9. The maximum atomic E-state index is 10.9. The molecule has 2 unspecified atom stereocenters. The van der Waals surface area contributed by atoms with E-state index in [2.05, 4.69) is 5.32 Å². The SMILES string of the molecule is Cc1ccc(C2CC(OC(=O)O)Nc3cc(Cl)cc(Cl)c32)cc1. The van der Waals surface area contributed by atoms with E-state index in [0.29, 0.717) is 22.2 Å². The van der Waals surface area contributed by atoms with Gasteiger partial charge in [-0.1, -0.05) is 53.0 Å². The average molecular weight is 352 g/mol. The van der Waals surface area contributed by atoms with Gasteiger partial charge in [-0.15, -0.1) is 0 Å². The van der Waals surface area contributed by atoms with Crippen molar-refractivity contribution >= 4 is 35.0 Å². The molecule has 0 spiro atoms. The van der Waals surface area contributed by atoms with E-state index in [4.69, 9.17) is 33.0 Å². The molecule has 6 heteroatoms. The number of carbonyl (C=O) groups is 1. The normalized spacial score (nSPS) is 19.6. The van der Waals surface area contributed by atoms with E-state index >= 15 is 0 Å². The standard InChI is InChI=1S/C17H15Cl2NO3/c1-9-2-4-10(5-3-9)12-8-15(23-17(21)22)20-14-7-11(18)6-13(19)16(12)14/h2-7,12,15,20H,8H2,1H3,(H,21,22). The van der Waals surface area contributed by atoms with E-state index in [0.717, 1.165) is 16.7 Å². The molecule has 0 saturated heterocycles. The van der Waals surface area contributed by atoms with E-state index in [1.807, 2.05) is 31.2 Å². The second-order valence-electron chi connectivity index (χ2n) is 5.56. The van der Waals surface area contributed by atoms with Gasteiger partial charge in [0.05, 0.1) is 0 Å². The molecule has 0 bridgehead atoms. The topological polar surface area (TPSA) is 58.6 Å². The van der Waals surface area contributed by atoms with Gasteiger partial charge in [-0.25, -0.2) is 4.79 Å². The summed E-state index contributed by atoms with van der Waals surface area (Å²) >= 11 is 12.5. The zero-order valence-corrected chi connectivity index (χ0v) is 13.9. The highest BCUT2D eigenvalue weighted by atomic mass is 35.5. The van der Waals surface area contributed by atoms with Gasteiger partial charge in [0, 0.05) is 33.6 Å². The lowest BCUT2D eigenvalue weighted by Gasteiger charge is -2.33. The summed E-state index contributed by atoms with van der Waals surface area (Å²) in [6, 6.07) is 11.5. The Morgan fingerprint density at radius 2 is 1.96 bits per heavy atom. The third kappa shape index (κ3) is 3.38. The minimum atomic E-state index is -1.32. The lowest BCUT2D eigenvalue weighted by atomic mass is 9.84. The summed E-state index contributed by atoms with van der Waals surface area (Å²) < 4.78 is 4.92. The van der Waals surface area contributed by atoms with Crippen LogP contribution in [0.3, 0.4) is 0 Å². The van der Waals surface area contributed by atoms with Crippen molar-refractivity contribution in [1.82, 2.24) is 0 Å². The number of hydrogen-bond donors (Lipinski definition) is 2. The van der Waals surface area contributed by atoms with E-state index in [1.165, 1.54) is 0 Å². The van der Waals surface area contributed by atoms with Gasteiger partial charge in [0.2, 0.25) is 0 Å². The quantitative estimate of drug-likeness (QED) is 0.723. The fourth-order valence-corrected chi connectivity index (χ4v) is 3.55. The van der Waals surface area contributed by atoms with Crippen molar-refractivity contribution in [3.63, 3.8) is 0 Å². The highest BCUT2D eigenvalue weighted by Gasteiger charge is 2.32. The van der Waals surface area contributed by atoms with Gasteiger partial charge in [0.1, 0.15) is 0 Å². The van der Waals surface area contributed by atoms with Gasteiger partial charge < -0.3 is 15.2 Å². The maximum Gasteiger partial charge on any atom is 0.507 e. The molecule has 0 radical (unpaired) electrons. The van der Waals surface area contributed by atoms with Gasteiger partial charge in [0.15, 0.2) is 6.23 Å². The number of fused-ring (bicyclic) bond motifs is 1. The summed E-state index contributed by atoms with van der Waals surface area (Å²) in [7, 11) is 0. The summed E-state index contributed by atoms with van der Waals surface area (Å²) in [5, 5.41) is 13.0. The molecule has 0 amide bonds. The van der Waals surface area contributed by atoms with Crippen LogP contribution in [0.2, 0.25) is 10.0 Å². The molecule has 2 aromatic carbocycles. The van der Waals surface area contributed by atoms with Gasteiger partial charge in [-0.05, 0) is 24.6 Å². The number of ether oxygens (including phenoxy) is 1. The Morgan fingerprint density at radius 1 is 1.26 bits per heavy atom. The number of benzene rings is 2. The lowest BCUT2D eigenvalue weighted by Crippen LogP contribution is -2.32. The van der Waals surface area contributed by atoms with E-state index in [9.17, 15) is 4.79 Å². The Balaban J connectivity index is 2.07. The number of anilines is 1. The number of hydrogen-bond acceptors (Lipinski definition) is 3. The molecular formula is C17H15Cl2NO3. The Labute approximate surface area is 144 Å². The molecule has 3 rings (SSSR count). The van der Waals surface area contributed by atoms with E-state index in [-0.39, 0.29) is 5.92 Å². The highest BCUT2D eigenvalue weighted by Crippen LogP contribution is 2.44. The third-order valence-electron chi connectivity index (χ3n) is 3.93. The molecule has 23 heavy (non-hydrogen) atoms. The minimum absolute atomic E-state index is 0.0685. The zero-order valence-electron chi connectivity index (χ0n) is 12.3. The predicted molar refractivity (Wildman–Crippen MR) is 90.6 cm³/mol. The van der Waals surface area contributed by atoms with Crippen molar-refractivity contribution < 1.29 is 14.6 Å². The van der Waals surface area contributed by atoms with Gasteiger partial charge >= 0.3 is 6.16 Å². The Kier molecular flexibility index (Phi) is 4.37. The monoisotopic (exact) mass is 351 g/mol. The summed E-state index contributed by atoms with van der Waals surface area (Å²) in [5.74, 6) is -0.0685. The lowest BCUT2D eigenvalue weighted by molar-refractivity contribution is 0.0562. The second kappa shape index (κ2) is 6.30. The summed E-state index contributed by atoms with van der Waals surface area (Å²) in [4.78, 5) is 10.9. The van der Waals surface area contributed by atoms with Crippen LogP contribution < -0.4 is 5.32 Å². The van der Waals surface area contributed by atoms with Crippen LogP contribution in [0.5, 0.6) is 0 Å². The molecule has 2 atom stereocenters. The molecule has 4 nitrogen and oxygen atoms in total. The first-order valence-corrected chi connectivity index (χ1v) is 7.91. The fourth-order valence-electron chi connectivity index (χ4n) is 2.92. The first kappa shape index (κ1) is 16.0. The van der Waals surface area contributed by atoms with Crippen molar-refractivity contribution in [2.75, 3.05) is 5.32 Å². The first-order chi connectivity index (χ1) is 10.9. The largest absolute Gasteiger partial charge is 0.507 e. The minimum Gasteiger partial charge on any atom is -0.450 e. The number of rotatable bonds is 2. The number of nitrogens with one attached hydrogen (secondary N) is 1. The molecular weight excluding hydrogens is 337 g/mol. The van der Waals surface area contributed by atoms with E-state index in [1.54, 1.807) is 12.1 Å². The molecule has 0 saturated carbocycles. The first-order valence-electron chi connectivity index (χ1n) is 7.15. The highest BCUT2D eigenvalue weighted by molar-refractivity contribution is 6.35. The van der Waals surface area contributed by atoms with Crippen LogP contribution in [0.25, 0.3) is 0 Å². The molecule has 1 aliphatic heterocycles. The Bertz CT molecular complexity index is 746. The van der Waals surface area contributed by atoms with Crippen LogP contribution in [0.4, 0.5) is 10.5 Å². The van der Waals surface area contributed by atoms with Crippen LogP contribution in [0, 0.1) is 6.92 Å². The van der Waals surface area contributed by atoms with E-state index < -0.39 is 12.4 Å². The Morgan fingerprint density at radius 3 is 2.61 bits per heavy atom. The number of aryl methyl sites for hydroxylation is 1. The molecule has 0 fully saturated rings. The van der Waals surface area contributed by atoms with Crippen molar-refractivity contribution in [2.45, 2.75) is 25.5 Å². The Hall–Kier alpha value is -1.91. The van der Waals surface area contributed by atoms with Gasteiger partial charge in [-0.3, -0.25) is 0 Å². The zero-order chi connectivity index (χ0) is 16.6. The molecule has 0 aromatic heterocycles. The average Bonchev–Trinajstić information content (AvgIpc) is 2.45. The smallest absolute Gasteiger partial charge is 0.450 e. The third-order valence-corrected chi connectivity index (χ3v) is 4.46. The van der Waals surface area contributed by atoms with Gasteiger partial charge in [-0.2, -0.15) is 0 Å². The van der Waals surface area contributed by atoms with Crippen LogP contribution >= 0.6 is 23.2 Å². The van der Waals surface area contributed by atoms with Crippen molar-refractivity contribution in [3.05, 3.63) is 63.1 Å². The van der Waals surface area contributed by atoms with Crippen LogP contribution in [0.1, 0.15) is 29.0 Å². The fraction of sp³-hybridized carbons (Fsp3) is 0.235. The molecule has 2 N–H and O–H groups in total. The molecule has 1 heterocycles. The molecule has 0 aliphatic carbocycles. The summed E-state index contributed by atoms with van der Waals surface area (Å²) in [6.45, 7) is 2.02. The van der Waals surface area contributed by atoms with Gasteiger partial charge in [0.25, 0.3) is 0 Å².